The van der Waals surface area contributed by atoms with E-state index in [1.54, 1.807) is 10.7 Å². The molecule has 3 heterocycles. The van der Waals surface area contributed by atoms with Crippen molar-refractivity contribution in [2.24, 2.45) is 13.0 Å². The van der Waals surface area contributed by atoms with Gasteiger partial charge < -0.3 is 10.1 Å². The molecule has 21 heavy (non-hydrogen) atoms. The summed E-state index contributed by atoms with van der Waals surface area (Å²) >= 11 is 6.04. The fourth-order valence-corrected chi connectivity index (χ4v) is 2.79. The summed E-state index contributed by atoms with van der Waals surface area (Å²) in [6.07, 6.45) is 0.356. The molecule has 112 valence electrons. The number of rotatable bonds is 3. The molecule has 0 radical (unpaired) electrons. The van der Waals surface area contributed by atoms with Crippen LogP contribution >= 0.6 is 11.6 Å². The number of hydrogen-bond acceptors (Lipinski definition) is 4. The summed E-state index contributed by atoms with van der Waals surface area (Å²) in [6, 6.07) is 1.72. The van der Waals surface area contributed by atoms with E-state index in [-0.39, 0.29) is 17.9 Å². The van der Waals surface area contributed by atoms with Crippen molar-refractivity contribution in [1.29, 1.82) is 0 Å². The Morgan fingerprint density at radius 3 is 3.00 bits per heavy atom. The van der Waals surface area contributed by atoms with Crippen molar-refractivity contribution in [3.8, 4) is 5.88 Å². The van der Waals surface area contributed by atoms with Gasteiger partial charge in [-0.25, -0.2) is 4.98 Å². The molecule has 0 aliphatic carbocycles. The first-order valence-electron chi connectivity index (χ1n) is 6.89. The minimum atomic E-state index is -0.127. The highest BCUT2D eigenvalue weighted by atomic mass is 35.5. The van der Waals surface area contributed by atoms with Crippen LogP contribution in [0.25, 0.3) is 10.9 Å². The van der Waals surface area contributed by atoms with Crippen molar-refractivity contribution in [2.45, 2.75) is 26.4 Å². The van der Waals surface area contributed by atoms with Crippen LogP contribution in [0.2, 0.25) is 5.15 Å². The molecule has 1 amide bonds. The quantitative estimate of drug-likeness (QED) is 0.878. The van der Waals surface area contributed by atoms with Crippen LogP contribution in [-0.2, 0) is 11.8 Å². The van der Waals surface area contributed by atoms with Crippen LogP contribution < -0.4 is 10.1 Å². The summed E-state index contributed by atoms with van der Waals surface area (Å²) in [5, 5.41) is 8.43. The molecule has 0 saturated carbocycles. The van der Waals surface area contributed by atoms with Gasteiger partial charge in [-0.1, -0.05) is 11.6 Å². The topological polar surface area (TPSA) is 69.0 Å². The van der Waals surface area contributed by atoms with E-state index in [0.717, 1.165) is 16.6 Å². The first-order chi connectivity index (χ1) is 9.95. The van der Waals surface area contributed by atoms with Crippen molar-refractivity contribution < 1.29 is 9.53 Å². The molecule has 1 aliphatic heterocycles. The Morgan fingerprint density at radius 1 is 1.57 bits per heavy atom. The highest BCUT2D eigenvalue weighted by Crippen LogP contribution is 2.30. The second kappa shape index (κ2) is 5.18. The predicted octanol–water partition coefficient (Wildman–Crippen LogP) is 1.83. The molecular formula is C14H17ClN4O2. The van der Waals surface area contributed by atoms with Gasteiger partial charge in [-0.2, -0.15) is 5.10 Å². The van der Waals surface area contributed by atoms with Crippen molar-refractivity contribution in [2.75, 3.05) is 6.54 Å². The lowest BCUT2D eigenvalue weighted by Crippen LogP contribution is -2.26. The number of pyridine rings is 1. The summed E-state index contributed by atoms with van der Waals surface area (Å²) in [7, 11) is 1.87. The molecular weight excluding hydrogens is 292 g/mol. The Balaban J connectivity index is 1.94. The summed E-state index contributed by atoms with van der Waals surface area (Å²) < 4.78 is 7.77. The second-order valence-corrected chi connectivity index (χ2v) is 5.83. The van der Waals surface area contributed by atoms with E-state index in [0.29, 0.717) is 24.0 Å². The number of fused-ring (bicyclic) bond motifs is 1. The van der Waals surface area contributed by atoms with Gasteiger partial charge in [-0.15, -0.1) is 0 Å². The maximum atomic E-state index is 11.3. The number of ether oxygens (including phenoxy) is 1. The minimum absolute atomic E-state index is 0.0669. The van der Waals surface area contributed by atoms with Gasteiger partial charge in [-0.05, 0) is 13.8 Å². The Labute approximate surface area is 127 Å². The number of halogens is 1. The number of nitrogens with one attached hydrogen (secondary N) is 1. The molecule has 1 saturated heterocycles. The standard InChI is InChI=1S/C14H17ClN4O2/c1-7-13-10(18-19(7)3)5-11(15)17-14(13)21-8(2)9-4-12(20)16-6-9/h5,8-9H,4,6H2,1-3H3,(H,16,20)/t8?,9-/m1/s1. The zero-order valence-electron chi connectivity index (χ0n) is 12.2. The molecule has 6 nitrogen and oxygen atoms in total. The number of hydrogen-bond donors (Lipinski definition) is 1. The molecule has 1 unspecified atom stereocenters. The summed E-state index contributed by atoms with van der Waals surface area (Å²) in [5.41, 5.74) is 1.73. The molecule has 7 heteroatoms. The summed E-state index contributed by atoms with van der Waals surface area (Å²) in [5.74, 6) is 0.692. The number of aromatic nitrogens is 3. The van der Waals surface area contributed by atoms with Crippen molar-refractivity contribution in [3.63, 3.8) is 0 Å². The van der Waals surface area contributed by atoms with E-state index < -0.39 is 0 Å². The van der Waals surface area contributed by atoms with Gasteiger partial charge in [0.1, 0.15) is 16.8 Å². The summed E-state index contributed by atoms with van der Waals surface area (Å²) in [6.45, 7) is 4.55. The average Bonchev–Trinajstić information content (AvgIpc) is 2.95. The molecule has 0 bridgehead atoms. The van der Waals surface area contributed by atoms with Crippen LogP contribution in [0.4, 0.5) is 0 Å². The summed E-state index contributed by atoms with van der Waals surface area (Å²) in [4.78, 5) is 15.6. The van der Waals surface area contributed by atoms with Crippen LogP contribution in [0, 0.1) is 12.8 Å². The van der Waals surface area contributed by atoms with E-state index in [9.17, 15) is 4.79 Å². The van der Waals surface area contributed by atoms with Crippen LogP contribution in [0.1, 0.15) is 19.0 Å². The van der Waals surface area contributed by atoms with Gasteiger partial charge in [0.2, 0.25) is 11.8 Å². The molecule has 2 aromatic rings. The fourth-order valence-electron chi connectivity index (χ4n) is 2.61. The van der Waals surface area contributed by atoms with Crippen LogP contribution in [0.5, 0.6) is 5.88 Å². The molecule has 1 N–H and O–H groups in total. The lowest BCUT2D eigenvalue weighted by molar-refractivity contribution is -0.119. The van der Waals surface area contributed by atoms with E-state index in [4.69, 9.17) is 16.3 Å². The Bertz CT molecular complexity index is 713. The molecule has 2 aromatic heterocycles. The zero-order chi connectivity index (χ0) is 15.1. The number of amides is 1. The SMILES string of the molecule is Cc1c2c(OC(C)[C@H]3CNC(=O)C3)nc(Cl)cc2nn1C. The predicted molar refractivity (Wildman–Crippen MR) is 79.5 cm³/mol. The normalized spacial score (nSPS) is 19.8. The number of aryl methyl sites for hydroxylation is 2. The van der Waals surface area contributed by atoms with E-state index in [1.807, 2.05) is 20.9 Å². The number of nitrogens with zero attached hydrogens (tertiary/aromatic N) is 3. The van der Waals surface area contributed by atoms with E-state index in [1.165, 1.54) is 0 Å². The van der Waals surface area contributed by atoms with E-state index >= 15 is 0 Å². The lowest BCUT2D eigenvalue weighted by Gasteiger charge is -2.19. The zero-order valence-corrected chi connectivity index (χ0v) is 12.9. The minimum Gasteiger partial charge on any atom is -0.474 e. The monoisotopic (exact) mass is 308 g/mol. The van der Waals surface area contributed by atoms with Crippen LogP contribution in [0.3, 0.4) is 0 Å². The third-order valence-corrected chi connectivity index (χ3v) is 4.20. The van der Waals surface area contributed by atoms with E-state index in [2.05, 4.69) is 15.4 Å². The molecule has 1 aliphatic rings. The highest BCUT2D eigenvalue weighted by molar-refractivity contribution is 6.30. The Kier molecular flexibility index (Phi) is 3.49. The fraction of sp³-hybridized carbons (Fsp3) is 0.500. The van der Waals surface area contributed by atoms with Crippen LogP contribution in [0.15, 0.2) is 6.07 Å². The van der Waals surface area contributed by atoms with Gasteiger partial charge in [0, 0.05) is 37.7 Å². The molecule has 1 fully saturated rings. The lowest BCUT2D eigenvalue weighted by atomic mass is 10.0. The Morgan fingerprint density at radius 2 is 2.33 bits per heavy atom. The molecule has 2 atom stereocenters. The largest absolute Gasteiger partial charge is 0.474 e. The second-order valence-electron chi connectivity index (χ2n) is 5.44. The highest BCUT2D eigenvalue weighted by Gasteiger charge is 2.29. The smallest absolute Gasteiger partial charge is 0.226 e. The van der Waals surface area contributed by atoms with Gasteiger partial charge in [-0.3, -0.25) is 9.48 Å². The first kappa shape index (κ1) is 14.1. The van der Waals surface area contributed by atoms with Crippen LogP contribution in [-0.4, -0.2) is 33.3 Å². The molecule has 3 rings (SSSR count). The first-order valence-corrected chi connectivity index (χ1v) is 7.26. The van der Waals surface area contributed by atoms with Gasteiger partial charge in [0.25, 0.3) is 0 Å². The third kappa shape index (κ3) is 2.55. The van der Waals surface area contributed by atoms with Gasteiger partial charge in [0.05, 0.1) is 5.39 Å². The van der Waals surface area contributed by atoms with Crippen molar-refractivity contribution in [1.82, 2.24) is 20.1 Å². The number of carbonyl (C=O) groups is 1. The van der Waals surface area contributed by atoms with Crippen molar-refractivity contribution >= 4 is 28.4 Å². The number of carbonyl (C=O) groups excluding carboxylic acids is 1. The molecule has 0 aromatic carbocycles. The maximum absolute atomic E-state index is 11.3. The molecule has 0 spiro atoms. The van der Waals surface area contributed by atoms with Crippen molar-refractivity contribution in [3.05, 3.63) is 16.9 Å². The third-order valence-electron chi connectivity index (χ3n) is 4.01. The van der Waals surface area contributed by atoms with Gasteiger partial charge >= 0.3 is 0 Å². The van der Waals surface area contributed by atoms with Gasteiger partial charge in [0.15, 0.2) is 0 Å². The Hall–Kier alpha value is -1.82. The average molecular weight is 309 g/mol. The maximum Gasteiger partial charge on any atom is 0.226 e.